The van der Waals surface area contributed by atoms with Gasteiger partial charge in [0.15, 0.2) is 0 Å². The van der Waals surface area contributed by atoms with Crippen molar-refractivity contribution in [1.82, 2.24) is 9.62 Å². The Labute approximate surface area is 171 Å². The van der Waals surface area contributed by atoms with Crippen molar-refractivity contribution in [3.8, 4) is 5.75 Å². The lowest BCUT2D eigenvalue weighted by Crippen LogP contribution is -2.44. The molecule has 1 unspecified atom stereocenters. The molecule has 1 saturated heterocycles. The molecule has 1 atom stereocenters. The largest absolute Gasteiger partial charge is 0.493 e. The van der Waals surface area contributed by atoms with Crippen molar-refractivity contribution in [1.29, 1.82) is 0 Å². The van der Waals surface area contributed by atoms with Crippen LogP contribution in [0.3, 0.4) is 0 Å². The van der Waals surface area contributed by atoms with Crippen molar-refractivity contribution in [2.45, 2.75) is 24.2 Å². The van der Waals surface area contributed by atoms with E-state index in [4.69, 9.17) is 4.74 Å². The van der Waals surface area contributed by atoms with E-state index >= 15 is 0 Å². The molecule has 0 saturated carbocycles. The van der Waals surface area contributed by atoms with Gasteiger partial charge in [-0.2, -0.15) is 4.31 Å². The van der Waals surface area contributed by atoms with Crippen molar-refractivity contribution in [2.24, 2.45) is 11.8 Å². The highest BCUT2D eigenvalue weighted by molar-refractivity contribution is 7.89. The van der Waals surface area contributed by atoms with Gasteiger partial charge in [-0.15, -0.1) is 0 Å². The Morgan fingerprint density at radius 2 is 1.72 bits per heavy atom. The van der Waals surface area contributed by atoms with Crippen molar-refractivity contribution < 1.29 is 17.9 Å². The number of para-hydroxylation sites is 1. The van der Waals surface area contributed by atoms with Gasteiger partial charge in [0, 0.05) is 31.5 Å². The maximum Gasteiger partial charge on any atom is 0.243 e. The molecule has 1 amide bonds. The van der Waals surface area contributed by atoms with E-state index in [0.29, 0.717) is 44.0 Å². The molecule has 2 aromatic carbocycles. The fourth-order valence-electron chi connectivity index (χ4n) is 4.01. The number of nitrogens with zero attached hydrogens (tertiary/aromatic N) is 1. The molecule has 2 heterocycles. The van der Waals surface area contributed by atoms with Gasteiger partial charge in [-0.1, -0.05) is 36.4 Å². The van der Waals surface area contributed by atoms with Crippen molar-refractivity contribution in [2.75, 3.05) is 26.2 Å². The van der Waals surface area contributed by atoms with Crippen LogP contribution in [0.2, 0.25) is 0 Å². The molecule has 2 aromatic rings. The summed E-state index contributed by atoms with van der Waals surface area (Å²) in [7, 11) is -3.48. The maximum absolute atomic E-state index is 12.7. The lowest BCUT2D eigenvalue weighted by Gasteiger charge is -2.31. The minimum atomic E-state index is -3.48. The van der Waals surface area contributed by atoms with E-state index in [1.165, 1.54) is 9.87 Å². The molecule has 1 fully saturated rings. The molecule has 0 bridgehead atoms. The minimum absolute atomic E-state index is 0.0145. The predicted octanol–water partition coefficient (Wildman–Crippen LogP) is 2.45. The van der Waals surface area contributed by atoms with Crippen LogP contribution in [0.4, 0.5) is 0 Å². The average Bonchev–Trinajstić information content (AvgIpc) is 2.78. The molecule has 29 heavy (non-hydrogen) atoms. The minimum Gasteiger partial charge on any atom is -0.493 e. The summed E-state index contributed by atoms with van der Waals surface area (Å²) in [6.07, 6.45) is 1.98. The molecule has 0 spiro atoms. The number of carbonyl (C=O) groups excluding carboxylic acids is 1. The second-order valence-electron chi connectivity index (χ2n) is 7.73. The summed E-state index contributed by atoms with van der Waals surface area (Å²) >= 11 is 0. The van der Waals surface area contributed by atoms with Crippen LogP contribution in [0.15, 0.2) is 59.5 Å². The van der Waals surface area contributed by atoms with E-state index in [9.17, 15) is 13.2 Å². The summed E-state index contributed by atoms with van der Waals surface area (Å²) < 4.78 is 32.7. The van der Waals surface area contributed by atoms with Crippen LogP contribution < -0.4 is 10.1 Å². The van der Waals surface area contributed by atoms with E-state index < -0.39 is 10.0 Å². The standard InChI is InChI=1S/C22H26N2O4S/c25-22(23-15-17-14-19-6-4-5-9-21(19)28-16-17)18-10-12-24(13-11-18)29(26,27)20-7-2-1-3-8-20/h1-9,17-18H,10-16H2,(H,23,25). The molecule has 4 rings (SSSR count). The summed E-state index contributed by atoms with van der Waals surface area (Å²) in [5.74, 6) is 1.06. The zero-order valence-electron chi connectivity index (χ0n) is 16.3. The van der Waals surface area contributed by atoms with Crippen molar-refractivity contribution in [3.63, 3.8) is 0 Å². The first-order valence-electron chi connectivity index (χ1n) is 10.1. The second-order valence-corrected chi connectivity index (χ2v) is 9.66. The summed E-state index contributed by atoms with van der Waals surface area (Å²) in [4.78, 5) is 12.9. The highest BCUT2D eigenvalue weighted by atomic mass is 32.2. The third kappa shape index (κ3) is 4.46. The molecule has 0 aromatic heterocycles. The van der Waals surface area contributed by atoms with Gasteiger partial charge in [0.1, 0.15) is 5.75 Å². The second kappa shape index (κ2) is 8.55. The van der Waals surface area contributed by atoms with E-state index in [0.717, 1.165) is 12.2 Å². The Kier molecular flexibility index (Phi) is 5.87. The number of fused-ring (bicyclic) bond motifs is 1. The molecule has 0 aliphatic carbocycles. The van der Waals surface area contributed by atoms with Gasteiger partial charge in [-0.05, 0) is 43.0 Å². The van der Waals surface area contributed by atoms with Crippen LogP contribution >= 0.6 is 0 Å². The zero-order chi connectivity index (χ0) is 20.3. The number of amides is 1. The lowest BCUT2D eigenvalue weighted by molar-refractivity contribution is -0.126. The fraction of sp³-hybridized carbons (Fsp3) is 0.409. The number of rotatable bonds is 5. The summed E-state index contributed by atoms with van der Waals surface area (Å²) in [5, 5.41) is 3.05. The summed E-state index contributed by atoms with van der Waals surface area (Å²) in [5.41, 5.74) is 1.18. The van der Waals surface area contributed by atoms with E-state index in [2.05, 4.69) is 11.4 Å². The van der Waals surface area contributed by atoms with Gasteiger partial charge in [-0.3, -0.25) is 4.79 Å². The lowest BCUT2D eigenvalue weighted by atomic mass is 9.95. The summed E-state index contributed by atoms with van der Waals surface area (Å²) in [6, 6.07) is 16.5. The molecular weight excluding hydrogens is 388 g/mol. The molecule has 154 valence electrons. The zero-order valence-corrected chi connectivity index (χ0v) is 17.1. The van der Waals surface area contributed by atoms with Gasteiger partial charge in [0.2, 0.25) is 15.9 Å². The van der Waals surface area contributed by atoms with Gasteiger partial charge in [0.25, 0.3) is 0 Å². The Bertz CT molecular complexity index is 954. The van der Waals surface area contributed by atoms with E-state index in [-0.39, 0.29) is 17.7 Å². The number of ether oxygens (including phenoxy) is 1. The normalized spacial score (nSPS) is 20.5. The van der Waals surface area contributed by atoms with Gasteiger partial charge in [0.05, 0.1) is 11.5 Å². The Morgan fingerprint density at radius 3 is 2.48 bits per heavy atom. The average molecular weight is 415 g/mol. The van der Waals surface area contributed by atoms with Gasteiger partial charge < -0.3 is 10.1 Å². The van der Waals surface area contributed by atoms with E-state index in [1.807, 2.05) is 18.2 Å². The smallest absolute Gasteiger partial charge is 0.243 e. The topological polar surface area (TPSA) is 75.7 Å². The predicted molar refractivity (Wildman–Crippen MR) is 110 cm³/mol. The van der Waals surface area contributed by atoms with Crippen LogP contribution in [0, 0.1) is 11.8 Å². The van der Waals surface area contributed by atoms with Crippen molar-refractivity contribution in [3.05, 3.63) is 60.2 Å². The fourth-order valence-corrected chi connectivity index (χ4v) is 5.50. The third-order valence-electron chi connectivity index (χ3n) is 5.73. The number of carbonyl (C=O) groups is 1. The highest BCUT2D eigenvalue weighted by Crippen LogP contribution is 2.27. The Hall–Kier alpha value is -2.38. The first kappa shape index (κ1) is 19.9. The van der Waals surface area contributed by atoms with Crippen LogP contribution in [-0.2, 0) is 21.2 Å². The van der Waals surface area contributed by atoms with E-state index in [1.54, 1.807) is 30.3 Å². The SMILES string of the molecule is O=C(NCC1COc2ccccc2C1)C1CCN(S(=O)(=O)c2ccccc2)CC1. The number of piperidine rings is 1. The number of benzene rings is 2. The van der Waals surface area contributed by atoms with Gasteiger partial charge >= 0.3 is 0 Å². The van der Waals surface area contributed by atoms with Crippen molar-refractivity contribution >= 4 is 15.9 Å². The number of nitrogens with one attached hydrogen (secondary N) is 1. The summed E-state index contributed by atoms with van der Waals surface area (Å²) in [6.45, 7) is 1.92. The number of hydrogen-bond acceptors (Lipinski definition) is 4. The number of hydrogen-bond donors (Lipinski definition) is 1. The quantitative estimate of drug-likeness (QED) is 0.816. The molecular formula is C22H26N2O4S. The van der Waals surface area contributed by atoms with Crippen LogP contribution in [-0.4, -0.2) is 44.9 Å². The molecule has 7 heteroatoms. The molecule has 6 nitrogen and oxygen atoms in total. The Morgan fingerprint density at radius 1 is 1.03 bits per heavy atom. The molecule has 1 N–H and O–H groups in total. The molecule has 2 aliphatic heterocycles. The first-order chi connectivity index (χ1) is 14.0. The highest BCUT2D eigenvalue weighted by Gasteiger charge is 2.32. The molecule has 0 radical (unpaired) electrons. The number of sulfonamides is 1. The first-order valence-corrected chi connectivity index (χ1v) is 11.5. The van der Waals surface area contributed by atoms with Crippen LogP contribution in [0.5, 0.6) is 5.75 Å². The monoisotopic (exact) mass is 414 g/mol. The molecule has 2 aliphatic rings. The maximum atomic E-state index is 12.7. The van der Waals surface area contributed by atoms with Crippen LogP contribution in [0.25, 0.3) is 0 Å². The Balaban J connectivity index is 1.27. The third-order valence-corrected chi connectivity index (χ3v) is 7.64. The van der Waals surface area contributed by atoms with Gasteiger partial charge in [-0.25, -0.2) is 8.42 Å². The van der Waals surface area contributed by atoms with Crippen LogP contribution in [0.1, 0.15) is 18.4 Å².